The summed E-state index contributed by atoms with van der Waals surface area (Å²) in [6, 6.07) is 4.29. The molecule has 0 fully saturated rings. The second kappa shape index (κ2) is 6.40. The van der Waals surface area contributed by atoms with Gasteiger partial charge in [0.1, 0.15) is 5.76 Å². The van der Waals surface area contributed by atoms with Gasteiger partial charge in [-0.15, -0.1) is 0 Å². The Morgan fingerprint density at radius 3 is 3.00 bits per heavy atom. The second-order valence-electron chi connectivity index (χ2n) is 4.55. The zero-order chi connectivity index (χ0) is 12.8. The molecule has 0 aromatic carbocycles. The first-order valence-electron chi connectivity index (χ1n) is 6.57. The van der Waals surface area contributed by atoms with Crippen LogP contribution in [0.1, 0.15) is 42.8 Å². The summed E-state index contributed by atoms with van der Waals surface area (Å²) in [4.78, 5) is 0. The maximum Gasteiger partial charge on any atom is 0.120 e. The predicted molar refractivity (Wildman–Crippen MR) is 71.4 cm³/mol. The molecule has 4 heteroatoms. The highest BCUT2D eigenvalue weighted by atomic mass is 16.3. The van der Waals surface area contributed by atoms with Gasteiger partial charge < -0.3 is 9.73 Å². The van der Waals surface area contributed by atoms with E-state index in [0.717, 1.165) is 31.6 Å². The molecule has 0 amide bonds. The van der Waals surface area contributed by atoms with E-state index in [1.807, 2.05) is 18.3 Å². The minimum absolute atomic E-state index is 0.324. The number of aromatic amines is 1. The lowest BCUT2D eigenvalue weighted by Gasteiger charge is -2.14. The third-order valence-corrected chi connectivity index (χ3v) is 3.24. The molecule has 18 heavy (non-hydrogen) atoms. The van der Waals surface area contributed by atoms with Gasteiger partial charge in [-0.2, -0.15) is 5.10 Å². The lowest BCUT2D eigenvalue weighted by molar-refractivity contribution is 0.402. The van der Waals surface area contributed by atoms with Crippen molar-refractivity contribution in [3.63, 3.8) is 0 Å². The lowest BCUT2D eigenvalue weighted by atomic mass is 10.1. The number of hydrogen-bond acceptors (Lipinski definition) is 3. The van der Waals surface area contributed by atoms with Crippen LogP contribution in [0.3, 0.4) is 0 Å². The van der Waals surface area contributed by atoms with E-state index in [-0.39, 0.29) is 0 Å². The Morgan fingerprint density at radius 2 is 2.39 bits per heavy atom. The third-order valence-electron chi connectivity index (χ3n) is 3.24. The van der Waals surface area contributed by atoms with E-state index in [1.54, 1.807) is 6.26 Å². The van der Waals surface area contributed by atoms with Crippen molar-refractivity contribution in [3.05, 3.63) is 41.6 Å². The molecule has 0 spiro atoms. The molecule has 98 valence electrons. The summed E-state index contributed by atoms with van der Waals surface area (Å²) < 4.78 is 5.43. The van der Waals surface area contributed by atoms with Crippen LogP contribution in [0.2, 0.25) is 0 Å². The van der Waals surface area contributed by atoms with Crippen LogP contribution in [-0.4, -0.2) is 16.7 Å². The fourth-order valence-corrected chi connectivity index (χ4v) is 2.12. The monoisotopic (exact) mass is 247 g/mol. The van der Waals surface area contributed by atoms with Crippen LogP contribution >= 0.6 is 0 Å². The van der Waals surface area contributed by atoms with E-state index in [9.17, 15) is 0 Å². The average Bonchev–Trinajstić information content (AvgIpc) is 3.01. The molecule has 2 N–H and O–H groups in total. The lowest BCUT2D eigenvalue weighted by Crippen LogP contribution is -2.21. The minimum atomic E-state index is 0.324. The van der Waals surface area contributed by atoms with Gasteiger partial charge in [-0.05, 0) is 50.4 Å². The highest BCUT2D eigenvalue weighted by Gasteiger charge is 2.10. The number of rotatable bonds is 7. The van der Waals surface area contributed by atoms with E-state index in [4.69, 9.17) is 4.42 Å². The Bertz CT molecular complexity index is 447. The SMILES string of the molecule is CCC(NCCCc1cn[nH]c1C)c1ccco1. The number of furan rings is 1. The van der Waals surface area contributed by atoms with Crippen molar-refractivity contribution in [2.45, 2.75) is 39.2 Å². The summed E-state index contributed by atoms with van der Waals surface area (Å²) >= 11 is 0. The fourth-order valence-electron chi connectivity index (χ4n) is 2.12. The number of nitrogens with one attached hydrogen (secondary N) is 2. The summed E-state index contributed by atoms with van der Waals surface area (Å²) in [5.41, 5.74) is 2.48. The van der Waals surface area contributed by atoms with E-state index in [2.05, 4.69) is 29.4 Å². The third kappa shape index (κ3) is 3.23. The topological polar surface area (TPSA) is 53.9 Å². The van der Waals surface area contributed by atoms with Crippen LogP contribution < -0.4 is 5.32 Å². The van der Waals surface area contributed by atoms with Crippen LogP contribution in [0.5, 0.6) is 0 Å². The first kappa shape index (κ1) is 12.9. The number of aryl methyl sites for hydroxylation is 2. The number of nitrogens with zero attached hydrogens (tertiary/aromatic N) is 1. The molecule has 0 aliphatic rings. The van der Waals surface area contributed by atoms with Crippen molar-refractivity contribution in [2.75, 3.05) is 6.54 Å². The molecular weight excluding hydrogens is 226 g/mol. The van der Waals surface area contributed by atoms with E-state index >= 15 is 0 Å². The van der Waals surface area contributed by atoms with Gasteiger partial charge in [0.2, 0.25) is 0 Å². The van der Waals surface area contributed by atoms with Crippen LogP contribution in [0.4, 0.5) is 0 Å². The van der Waals surface area contributed by atoms with Crippen molar-refractivity contribution < 1.29 is 4.42 Å². The van der Waals surface area contributed by atoms with Gasteiger partial charge in [0, 0.05) is 5.69 Å². The predicted octanol–water partition coefficient (Wildman–Crippen LogP) is 2.98. The maximum atomic E-state index is 5.43. The van der Waals surface area contributed by atoms with Gasteiger partial charge >= 0.3 is 0 Å². The molecule has 1 unspecified atom stereocenters. The Morgan fingerprint density at radius 1 is 1.50 bits per heavy atom. The molecule has 0 bridgehead atoms. The van der Waals surface area contributed by atoms with E-state index < -0.39 is 0 Å². The van der Waals surface area contributed by atoms with Gasteiger partial charge in [0.15, 0.2) is 0 Å². The van der Waals surface area contributed by atoms with Crippen LogP contribution in [0.25, 0.3) is 0 Å². The Kier molecular flexibility index (Phi) is 4.59. The molecule has 2 aromatic heterocycles. The molecule has 0 saturated carbocycles. The van der Waals surface area contributed by atoms with Crippen molar-refractivity contribution in [1.29, 1.82) is 0 Å². The average molecular weight is 247 g/mol. The molecule has 1 atom stereocenters. The summed E-state index contributed by atoms with van der Waals surface area (Å²) in [6.45, 7) is 5.22. The smallest absolute Gasteiger partial charge is 0.120 e. The van der Waals surface area contributed by atoms with E-state index in [0.29, 0.717) is 6.04 Å². The molecule has 0 saturated heterocycles. The fraction of sp³-hybridized carbons (Fsp3) is 0.500. The number of aromatic nitrogens is 2. The van der Waals surface area contributed by atoms with Gasteiger partial charge in [-0.3, -0.25) is 5.10 Å². The van der Waals surface area contributed by atoms with Crippen LogP contribution in [-0.2, 0) is 6.42 Å². The molecule has 0 aliphatic heterocycles. The summed E-state index contributed by atoms with van der Waals surface area (Å²) in [6.07, 6.45) is 6.85. The largest absolute Gasteiger partial charge is 0.468 e. The molecule has 4 nitrogen and oxygen atoms in total. The molecule has 0 aliphatic carbocycles. The van der Waals surface area contributed by atoms with Gasteiger partial charge in [0.05, 0.1) is 18.5 Å². The summed E-state index contributed by atoms with van der Waals surface area (Å²) in [5, 5.41) is 10.5. The zero-order valence-electron chi connectivity index (χ0n) is 11.1. The number of hydrogen-bond donors (Lipinski definition) is 2. The van der Waals surface area contributed by atoms with Gasteiger partial charge in [-0.1, -0.05) is 6.92 Å². The molecule has 0 radical (unpaired) electrons. The Balaban J connectivity index is 1.73. The van der Waals surface area contributed by atoms with Crippen molar-refractivity contribution in [1.82, 2.24) is 15.5 Å². The van der Waals surface area contributed by atoms with Gasteiger partial charge in [-0.25, -0.2) is 0 Å². The second-order valence-corrected chi connectivity index (χ2v) is 4.55. The molecule has 2 rings (SSSR count). The molecular formula is C14H21N3O. The first-order valence-corrected chi connectivity index (χ1v) is 6.57. The standard InChI is InChI=1S/C14H21N3O/c1-3-13(14-7-5-9-18-14)15-8-4-6-12-10-16-17-11(12)2/h5,7,9-10,13,15H,3-4,6,8H2,1-2H3,(H,16,17). The summed E-state index contributed by atoms with van der Waals surface area (Å²) in [5.74, 6) is 1.02. The van der Waals surface area contributed by atoms with Crippen molar-refractivity contribution >= 4 is 0 Å². The molecule has 2 heterocycles. The normalized spacial score (nSPS) is 12.8. The summed E-state index contributed by atoms with van der Waals surface area (Å²) in [7, 11) is 0. The van der Waals surface area contributed by atoms with Gasteiger partial charge in [0.25, 0.3) is 0 Å². The van der Waals surface area contributed by atoms with Crippen LogP contribution in [0, 0.1) is 6.92 Å². The highest BCUT2D eigenvalue weighted by Crippen LogP contribution is 2.16. The quantitative estimate of drug-likeness (QED) is 0.739. The zero-order valence-corrected chi connectivity index (χ0v) is 11.1. The maximum absolute atomic E-state index is 5.43. The first-order chi connectivity index (χ1) is 8.81. The number of H-pyrrole nitrogens is 1. The Hall–Kier alpha value is -1.55. The van der Waals surface area contributed by atoms with E-state index in [1.165, 1.54) is 11.3 Å². The highest BCUT2D eigenvalue weighted by molar-refractivity contribution is 5.14. The van der Waals surface area contributed by atoms with Crippen molar-refractivity contribution in [3.8, 4) is 0 Å². The van der Waals surface area contributed by atoms with Crippen molar-refractivity contribution in [2.24, 2.45) is 0 Å². The van der Waals surface area contributed by atoms with Crippen LogP contribution in [0.15, 0.2) is 29.0 Å². The molecule has 2 aromatic rings. The Labute approximate surface area is 108 Å². The minimum Gasteiger partial charge on any atom is -0.468 e.